The molecule has 0 bridgehead atoms. The van der Waals surface area contributed by atoms with E-state index in [2.05, 4.69) is 54.8 Å². The molecule has 2 atom stereocenters. The van der Waals surface area contributed by atoms with Crippen LogP contribution < -0.4 is 0 Å². The summed E-state index contributed by atoms with van der Waals surface area (Å²) in [7, 11) is 0. The van der Waals surface area contributed by atoms with Gasteiger partial charge in [0.25, 0.3) is 0 Å². The van der Waals surface area contributed by atoms with Crippen molar-refractivity contribution in [3.63, 3.8) is 0 Å². The minimum atomic E-state index is 0.630. The molecule has 20 heavy (non-hydrogen) atoms. The van der Waals surface area contributed by atoms with Crippen LogP contribution in [0.25, 0.3) is 0 Å². The van der Waals surface area contributed by atoms with Gasteiger partial charge in [0.15, 0.2) is 0 Å². The van der Waals surface area contributed by atoms with Gasteiger partial charge in [-0.1, -0.05) is 38.1 Å². The van der Waals surface area contributed by atoms with Crippen molar-refractivity contribution in [2.45, 2.75) is 58.2 Å². The Hall–Kier alpha value is -0.860. The Morgan fingerprint density at radius 2 is 1.85 bits per heavy atom. The summed E-state index contributed by atoms with van der Waals surface area (Å²) in [6.45, 7) is 11.9. The fourth-order valence-electron chi connectivity index (χ4n) is 3.85. The van der Waals surface area contributed by atoms with Crippen LogP contribution in [0.4, 0.5) is 0 Å². The molecule has 2 heteroatoms. The number of rotatable bonds is 3. The number of benzene rings is 1. The third-order valence-corrected chi connectivity index (χ3v) is 5.25. The van der Waals surface area contributed by atoms with E-state index in [1.165, 1.54) is 43.6 Å². The van der Waals surface area contributed by atoms with Gasteiger partial charge in [0.2, 0.25) is 0 Å². The lowest BCUT2D eigenvalue weighted by Gasteiger charge is -2.43. The molecule has 0 N–H and O–H groups in total. The highest BCUT2D eigenvalue weighted by Gasteiger charge is 2.36. The summed E-state index contributed by atoms with van der Waals surface area (Å²) < 4.78 is 0. The van der Waals surface area contributed by atoms with E-state index in [9.17, 15) is 0 Å². The maximum atomic E-state index is 2.70. The molecular formula is C18H28N2. The highest BCUT2D eigenvalue weighted by Crippen LogP contribution is 2.27. The van der Waals surface area contributed by atoms with Gasteiger partial charge in [0.1, 0.15) is 0 Å². The molecule has 1 aromatic carbocycles. The van der Waals surface area contributed by atoms with Gasteiger partial charge < -0.3 is 0 Å². The standard InChI is InChI=1S/C18H28N2/c1-14(2)17-8-6-16(7-9-17)13-20-12-11-19-10-4-5-18(19)15(20)3/h6-9,14-15,18H,4-5,10-13H2,1-3H3/t15-,18+/m0/s1. The van der Waals surface area contributed by atoms with Gasteiger partial charge in [-0.3, -0.25) is 9.80 Å². The monoisotopic (exact) mass is 272 g/mol. The third kappa shape index (κ3) is 2.77. The Labute approximate surface area is 123 Å². The number of nitrogens with zero attached hydrogens (tertiary/aromatic N) is 2. The molecule has 3 rings (SSSR count). The molecule has 2 heterocycles. The van der Waals surface area contributed by atoms with Crippen LogP contribution in [0.3, 0.4) is 0 Å². The van der Waals surface area contributed by atoms with Gasteiger partial charge in [-0.2, -0.15) is 0 Å². The fraction of sp³-hybridized carbons (Fsp3) is 0.667. The average Bonchev–Trinajstić information content (AvgIpc) is 2.92. The van der Waals surface area contributed by atoms with Crippen LogP contribution in [-0.2, 0) is 6.54 Å². The molecule has 1 aromatic rings. The maximum absolute atomic E-state index is 2.70. The minimum Gasteiger partial charge on any atom is -0.298 e. The van der Waals surface area contributed by atoms with Gasteiger partial charge in [0.05, 0.1) is 0 Å². The zero-order valence-electron chi connectivity index (χ0n) is 13.2. The summed E-state index contributed by atoms with van der Waals surface area (Å²) in [5, 5.41) is 0. The van der Waals surface area contributed by atoms with Gasteiger partial charge in [0, 0.05) is 31.7 Å². The largest absolute Gasteiger partial charge is 0.298 e. The minimum absolute atomic E-state index is 0.630. The zero-order chi connectivity index (χ0) is 14.1. The predicted molar refractivity (Wildman–Crippen MR) is 85.0 cm³/mol. The first kappa shape index (κ1) is 14.1. The molecule has 0 saturated carbocycles. The Morgan fingerprint density at radius 1 is 1.10 bits per heavy atom. The summed E-state index contributed by atoms with van der Waals surface area (Å²) in [6, 6.07) is 10.8. The molecule has 2 aliphatic rings. The van der Waals surface area contributed by atoms with Crippen LogP contribution in [0.5, 0.6) is 0 Å². The lowest BCUT2D eigenvalue weighted by molar-refractivity contribution is 0.0470. The molecule has 0 unspecified atom stereocenters. The summed E-state index contributed by atoms with van der Waals surface area (Å²) >= 11 is 0. The van der Waals surface area contributed by atoms with Gasteiger partial charge in [-0.15, -0.1) is 0 Å². The lowest BCUT2D eigenvalue weighted by atomic mass is 10.00. The van der Waals surface area contributed by atoms with Crippen LogP contribution >= 0.6 is 0 Å². The van der Waals surface area contributed by atoms with Crippen LogP contribution in [0, 0.1) is 0 Å². The number of fused-ring (bicyclic) bond motifs is 1. The first-order chi connectivity index (χ1) is 9.65. The van der Waals surface area contributed by atoms with Crippen LogP contribution in [-0.4, -0.2) is 41.5 Å². The van der Waals surface area contributed by atoms with Crippen LogP contribution in [0.15, 0.2) is 24.3 Å². The van der Waals surface area contributed by atoms with Crippen molar-refractivity contribution in [2.75, 3.05) is 19.6 Å². The van der Waals surface area contributed by atoms with E-state index in [1.54, 1.807) is 0 Å². The predicted octanol–water partition coefficient (Wildman–Crippen LogP) is 3.48. The van der Waals surface area contributed by atoms with Crippen LogP contribution in [0.1, 0.15) is 50.7 Å². The summed E-state index contributed by atoms with van der Waals surface area (Å²) in [6.07, 6.45) is 2.79. The van der Waals surface area contributed by atoms with E-state index in [0.717, 1.165) is 12.6 Å². The molecule has 0 amide bonds. The second-order valence-electron chi connectivity index (χ2n) is 6.85. The van der Waals surface area contributed by atoms with E-state index in [0.29, 0.717) is 12.0 Å². The topological polar surface area (TPSA) is 6.48 Å². The van der Waals surface area contributed by atoms with E-state index < -0.39 is 0 Å². The molecule has 2 nitrogen and oxygen atoms in total. The van der Waals surface area contributed by atoms with Crippen molar-refractivity contribution in [3.8, 4) is 0 Å². The maximum Gasteiger partial charge on any atom is 0.0250 e. The quantitative estimate of drug-likeness (QED) is 0.831. The van der Waals surface area contributed by atoms with E-state index in [4.69, 9.17) is 0 Å². The van der Waals surface area contributed by atoms with Crippen molar-refractivity contribution in [2.24, 2.45) is 0 Å². The van der Waals surface area contributed by atoms with E-state index in [-0.39, 0.29) is 0 Å². The molecular weight excluding hydrogens is 244 g/mol. The Balaban J connectivity index is 1.65. The SMILES string of the molecule is CC(C)c1ccc(CN2CCN3CCC[C@@H]3[C@@H]2C)cc1. The molecule has 0 spiro atoms. The van der Waals surface area contributed by atoms with Crippen molar-refractivity contribution in [1.82, 2.24) is 9.80 Å². The van der Waals surface area contributed by atoms with Crippen LogP contribution in [0.2, 0.25) is 0 Å². The number of hydrogen-bond donors (Lipinski definition) is 0. The third-order valence-electron chi connectivity index (χ3n) is 5.25. The number of piperazine rings is 1. The smallest absolute Gasteiger partial charge is 0.0250 e. The highest BCUT2D eigenvalue weighted by atomic mass is 15.3. The lowest BCUT2D eigenvalue weighted by Crippen LogP contribution is -2.55. The molecule has 110 valence electrons. The Morgan fingerprint density at radius 3 is 2.55 bits per heavy atom. The first-order valence-corrected chi connectivity index (χ1v) is 8.22. The molecule has 0 radical (unpaired) electrons. The second-order valence-corrected chi connectivity index (χ2v) is 6.85. The van der Waals surface area contributed by atoms with Crippen molar-refractivity contribution >= 4 is 0 Å². The molecule has 0 aromatic heterocycles. The number of hydrogen-bond acceptors (Lipinski definition) is 2. The van der Waals surface area contributed by atoms with Crippen molar-refractivity contribution in [3.05, 3.63) is 35.4 Å². The molecule has 2 aliphatic heterocycles. The Bertz CT molecular complexity index is 437. The first-order valence-electron chi connectivity index (χ1n) is 8.22. The summed E-state index contributed by atoms with van der Waals surface area (Å²) in [5.41, 5.74) is 2.91. The van der Waals surface area contributed by atoms with E-state index in [1.807, 2.05) is 0 Å². The van der Waals surface area contributed by atoms with Crippen molar-refractivity contribution < 1.29 is 0 Å². The average molecular weight is 272 g/mol. The van der Waals surface area contributed by atoms with Gasteiger partial charge in [-0.25, -0.2) is 0 Å². The second kappa shape index (κ2) is 5.87. The van der Waals surface area contributed by atoms with Gasteiger partial charge >= 0.3 is 0 Å². The van der Waals surface area contributed by atoms with Gasteiger partial charge in [-0.05, 0) is 43.4 Å². The highest BCUT2D eigenvalue weighted by molar-refractivity contribution is 5.24. The van der Waals surface area contributed by atoms with Crippen molar-refractivity contribution in [1.29, 1.82) is 0 Å². The molecule has 2 saturated heterocycles. The zero-order valence-corrected chi connectivity index (χ0v) is 13.2. The molecule has 2 fully saturated rings. The normalized spacial score (nSPS) is 28.0. The van der Waals surface area contributed by atoms with E-state index >= 15 is 0 Å². The summed E-state index contributed by atoms with van der Waals surface area (Å²) in [4.78, 5) is 5.37. The molecule has 0 aliphatic carbocycles. The fourth-order valence-corrected chi connectivity index (χ4v) is 3.85. The summed E-state index contributed by atoms with van der Waals surface area (Å²) in [5.74, 6) is 0.630. The Kier molecular flexibility index (Phi) is 4.13.